The molecule has 0 aromatic heterocycles. The Hall–Kier alpha value is -2.95. The first-order chi connectivity index (χ1) is 13.5. The van der Waals surface area contributed by atoms with E-state index in [1.165, 1.54) is 12.1 Å². The molecule has 0 bridgehead atoms. The minimum Gasteiger partial charge on any atom is -0.368 e. The Morgan fingerprint density at radius 3 is 2.54 bits per heavy atom. The number of hydrogen-bond donors (Lipinski definition) is 1. The van der Waals surface area contributed by atoms with Gasteiger partial charge in [-0.3, -0.25) is 4.79 Å². The molecule has 6 nitrogen and oxygen atoms in total. The highest BCUT2D eigenvalue weighted by Gasteiger charge is 2.29. The smallest absolute Gasteiger partial charge is 0.253 e. The number of amides is 1. The fraction of sp³-hybridized carbons (Fsp3) is 0.238. The van der Waals surface area contributed by atoms with Crippen LogP contribution in [-0.2, 0) is 19.4 Å². The van der Waals surface area contributed by atoms with Crippen LogP contribution in [0.3, 0.4) is 0 Å². The lowest BCUT2D eigenvalue weighted by Gasteiger charge is -2.29. The van der Waals surface area contributed by atoms with Crippen LogP contribution in [0.5, 0.6) is 0 Å². The van der Waals surface area contributed by atoms with Crippen LogP contribution in [-0.4, -0.2) is 27.0 Å². The van der Waals surface area contributed by atoms with Crippen LogP contribution >= 0.6 is 0 Å². The monoisotopic (exact) mass is 396 g/mol. The van der Waals surface area contributed by atoms with Crippen molar-refractivity contribution >= 4 is 21.4 Å². The Balaban J connectivity index is 1.68. The molecule has 2 aromatic rings. The lowest BCUT2D eigenvalue weighted by Crippen LogP contribution is -2.35. The molecule has 7 heteroatoms. The number of nitriles is 1. The fourth-order valence-corrected chi connectivity index (χ4v) is 4.07. The van der Waals surface area contributed by atoms with Crippen molar-refractivity contribution in [1.82, 2.24) is 0 Å². The lowest BCUT2D eigenvalue weighted by atomic mass is 9.88. The average Bonchev–Trinajstić information content (AvgIpc) is 2.73. The highest BCUT2D eigenvalue weighted by Crippen LogP contribution is 2.31. The zero-order chi connectivity index (χ0) is 20.0. The highest BCUT2D eigenvalue weighted by molar-refractivity contribution is 7.94. The van der Waals surface area contributed by atoms with Gasteiger partial charge >= 0.3 is 0 Å². The highest BCUT2D eigenvalue weighted by atomic mass is 32.2. The molecule has 144 valence electrons. The number of sulfone groups is 1. The quantitative estimate of drug-likeness (QED) is 0.782. The number of rotatable bonds is 5. The van der Waals surface area contributed by atoms with E-state index in [0.29, 0.717) is 13.0 Å². The van der Waals surface area contributed by atoms with E-state index in [1.54, 1.807) is 18.2 Å². The van der Waals surface area contributed by atoms with Gasteiger partial charge in [0, 0.05) is 23.8 Å². The molecule has 1 aliphatic rings. The van der Waals surface area contributed by atoms with Crippen molar-refractivity contribution in [1.29, 1.82) is 5.26 Å². The van der Waals surface area contributed by atoms with Gasteiger partial charge in [0.2, 0.25) is 9.84 Å². The predicted molar refractivity (Wildman–Crippen MR) is 105 cm³/mol. The van der Waals surface area contributed by atoms with Gasteiger partial charge < -0.3 is 10.1 Å². The van der Waals surface area contributed by atoms with Gasteiger partial charge in [0.15, 0.2) is 0 Å². The van der Waals surface area contributed by atoms with Crippen LogP contribution in [0.2, 0.25) is 0 Å². The molecule has 0 spiro atoms. The summed E-state index contributed by atoms with van der Waals surface area (Å²) in [7, 11) is -3.62. The SMILES string of the molecule is N#C/C=C/S(=O)(=O)c1ccc(C2CCOC(C(=O)Nc3ccccc3)C2)cc1. The molecule has 1 aliphatic heterocycles. The molecule has 1 saturated heterocycles. The summed E-state index contributed by atoms with van der Waals surface area (Å²) < 4.78 is 29.8. The first-order valence-electron chi connectivity index (χ1n) is 8.88. The maximum atomic E-state index is 12.5. The number of carbonyl (C=O) groups is 1. The van der Waals surface area contributed by atoms with Crippen LogP contribution in [0.25, 0.3) is 0 Å². The van der Waals surface area contributed by atoms with Gasteiger partial charge in [-0.05, 0) is 48.6 Å². The maximum Gasteiger partial charge on any atom is 0.253 e. The normalized spacial score (nSPS) is 19.8. The van der Waals surface area contributed by atoms with Gasteiger partial charge in [-0.25, -0.2) is 8.42 Å². The van der Waals surface area contributed by atoms with E-state index in [-0.39, 0.29) is 16.7 Å². The summed E-state index contributed by atoms with van der Waals surface area (Å²) in [5, 5.41) is 12.3. The third-order valence-corrected chi connectivity index (χ3v) is 6.04. The van der Waals surface area contributed by atoms with E-state index in [1.807, 2.05) is 30.3 Å². The number of ether oxygens (including phenoxy) is 1. The molecule has 1 fully saturated rings. The molecule has 2 unspecified atom stereocenters. The summed E-state index contributed by atoms with van der Waals surface area (Å²) in [6.45, 7) is 0.461. The Bertz CT molecular complexity index is 993. The van der Waals surface area contributed by atoms with E-state index in [2.05, 4.69) is 5.32 Å². The number of nitrogens with one attached hydrogen (secondary N) is 1. The Kier molecular flexibility index (Phi) is 6.24. The van der Waals surface area contributed by atoms with Crippen molar-refractivity contribution in [3.63, 3.8) is 0 Å². The standard InChI is InChI=1S/C21H20N2O4S/c22-12-4-14-28(25,26)19-9-7-16(8-10-19)17-11-13-27-20(15-17)21(24)23-18-5-2-1-3-6-18/h1-10,14,17,20H,11,13,15H2,(H,23,24)/b14-4+. The summed E-state index contributed by atoms with van der Waals surface area (Å²) >= 11 is 0. The number of nitrogens with zero attached hydrogens (tertiary/aromatic N) is 1. The summed E-state index contributed by atoms with van der Waals surface area (Å²) in [6.07, 6.45) is 1.67. The Morgan fingerprint density at radius 2 is 1.86 bits per heavy atom. The fourth-order valence-electron chi connectivity index (χ4n) is 3.15. The van der Waals surface area contributed by atoms with Gasteiger partial charge in [-0.15, -0.1) is 0 Å². The van der Waals surface area contributed by atoms with Gasteiger partial charge in [-0.2, -0.15) is 5.26 Å². The van der Waals surface area contributed by atoms with E-state index >= 15 is 0 Å². The second-order valence-corrected chi connectivity index (χ2v) is 8.32. The first-order valence-corrected chi connectivity index (χ1v) is 10.4. The minimum absolute atomic E-state index is 0.103. The molecular weight excluding hydrogens is 376 g/mol. The van der Waals surface area contributed by atoms with Gasteiger partial charge in [0.05, 0.1) is 11.0 Å². The molecule has 0 aliphatic carbocycles. The Morgan fingerprint density at radius 1 is 1.14 bits per heavy atom. The van der Waals surface area contributed by atoms with Crippen molar-refractivity contribution in [3.8, 4) is 6.07 Å². The van der Waals surface area contributed by atoms with E-state index < -0.39 is 15.9 Å². The predicted octanol–water partition coefficient (Wildman–Crippen LogP) is 3.40. The van der Waals surface area contributed by atoms with E-state index in [4.69, 9.17) is 10.00 Å². The van der Waals surface area contributed by atoms with Gasteiger partial charge in [0.25, 0.3) is 5.91 Å². The topological polar surface area (TPSA) is 96.3 Å². The second-order valence-electron chi connectivity index (χ2n) is 6.48. The maximum absolute atomic E-state index is 12.5. The molecule has 0 radical (unpaired) electrons. The van der Waals surface area contributed by atoms with E-state index in [0.717, 1.165) is 29.2 Å². The van der Waals surface area contributed by atoms with Crippen molar-refractivity contribution in [2.24, 2.45) is 0 Å². The molecule has 1 heterocycles. The van der Waals surface area contributed by atoms with Crippen molar-refractivity contribution in [3.05, 3.63) is 71.6 Å². The van der Waals surface area contributed by atoms with Gasteiger partial charge in [-0.1, -0.05) is 30.3 Å². The third-order valence-electron chi connectivity index (χ3n) is 4.62. The van der Waals surface area contributed by atoms with Crippen molar-refractivity contribution in [2.45, 2.75) is 29.8 Å². The van der Waals surface area contributed by atoms with Crippen molar-refractivity contribution in [2.75, 3.05) is 11.9 Å². The molecule has 2 atom stereocenters. The summed E-state index contributed by atoms with van der Waals surface area (Å²) in [5.41, 5.74) is 1.68. The summed E-state index contributed by atoms with van der Waals surface area (Å²) in [6, 6.07) is 17.5. The molecular formula is C21H20N2O4S. The first kappa shape index (κ1) is 19.8. The zero-order valence-electron chi connectivity index (χ0n) is 15.1. The Labute approximate surface area is 164 Å². The third kappa shape index (κ3) is 4.85. The van der Waals surface area contributed by atoms with Crippen LogP contribution in [0.15, 0.2) is 71.0 Å². The molecule has 1 amide bonds. The van der Waals surface area contributed by atoms with Crippen LogP contribution < -0.4 is 5.32 Å². The molecule has 1 N–H and O–H groups in total. The number of carbonyl (C=O) groups excluding carboxylic acids is 1. The number of benzene rings is 2. The van der Waals surface area contributed by atoms with Crippen molar-refractivity contribution < 1.29 is 17.9 Å². The average molecular weight is 396 g/mol. The summed E-state index contributed by atoms with van der Waals surface area (Å²) in [5.74, 6) is -0.0802. The molecule has 2 aromatic carbocycles. The zero-order valence-corrected chi connectivity index (χ0v) is 15.9. The number of allylic oxidation sites excluding steroid dienone is 1. The van der Waals surface area contributed by atoms with Crippen LogP contribution in [0.1, 0.15) is 24.3 Å². The lowest BCUT2D eigenvalue weighted by molar-refractivity contribution is -0.130. The number of hydrogen-bond acceptors (Lipinski definition) is 5. The number of para-hydroxylation sites is 1. The molecule has 0 saturated carbocycles. The van der Waals surface area contributed by atoms with Crippen LogP contribution in [0, 0.1) is 11.3 Å². The molecule has 3 rings (SSSR count). The molecule has 28 heavy (non-hydrogen) atoms. The minimum atomic E-state index is -3.62. The largest absolute Gasteiger partial charge is 0.368 e. The summed E-state index contributed by atoms with van der Waals surface area (Å²) in [4.78, 5) is 12.6. The van der Waals surface area contributed by atoms with Crippen LogP contribution in [0.4, 0.5) is 5.69 Å². The van der Waals surface area contributed by atoms with E-state index in [9.17, 15) is 13.2 Å². The number of anilines is 1. The van der Waals surface area contributed by atoms with Gasteiger partial charge in [0.1, 0.15) is 6.10 Å². The second kappa shape index (κ2) is 8.83.